The van der Waals surface area contributed by atoms with Crippen LogP contribution in [0.1, 0.15) is 35.3 Å². The highest BCUT2D eigenvalue weighted by molar-refractivity contribution is 9.09. The first kappa shape index (κ1) is 15.2. The van der Waals surface area contributed by atoms with Gasteiger partial charge in [0.1, 0.15) is 0 Å². The van der Waals surface area contributed by atoms with Crippen molar-refractivity contribution in [3.63, 3.8) is 0 Å². The molecule has 108 valence electrons. The Morgan fingerprint density at radius 1 is 1.20 bits per heavy atom. The van der Waals surface area contributed by atoms with Gasteiger partial charge in [0, 0.05) is 11.9 Å². The summed E-state index contributed by atoms with van der Waals surface area (Å²) in [7, 11) is 0. The van der Waals surface area contributed by atoms with Gasteiger partial charge in [0.2, 0.25) is 0 Å². The lowest BCUT2D eigenvalue weighted by molar-refractivity contribution is -0.114. The Bertz CT molecular complexity index is 566. The van der Waals surface area contributed by atoms with Crippen molar-refractivity contribution in [2.75, 3.05) is 16.8 Å². The van der Waals surface area contributed by atoms with Gasteiger partial charge in [-0.1, -0.05) is 35.8 Å². The summed E-state index contributed by atoms with van der Waals surface area (Å²) in [5.41, 5.74) is 3.33. The fourth-order valence-corrected chi connectivity index (χ4v) is 3.60. The van der Waals surface area contributed by atoms with Crippen LogP contribution in [-0.4, -0.2) is 23.6 Å². The van der Waals surface area contributed by atoms with Crippen molar-refractivity contribution < 1.29 is 9.59 Å². The van der Waals surface area contributed by atoms with E-state index in [-0.39, 0.29) is 11.7 Å². The molecule has 1 aromatic rings. The lowest BCUT2D eigenvalue weighted by Crippen LogP contribution is -2.36. The summed E-state index contributed by atoms with van der Waals surface area (Å²) in [6.07, 6.45) is 0. The average molecular weight is 338 g/mol. The molecule has 0 spiro atoms. The van der Waals surface area contributed by atoms with Gasteiger partial charge in [0.25, 0.3) is 11.7 Å². The number of carbonyl (C=O) groups excluding carboxylic acids is 2. The lowest BCUT2D eigenvalue weighted by Gasteiger charge is -2.25. The fraction of sp³-hybridized carbons (Fsp3) is 0.500. The van der Waals surface area contributed by atoms with Crippen molar-refractivity contribution >= 4 is 33.3 Å². The van der Waals surface area contributed by atoms with E-state index in [1.54, 1.807) is 4.90 Å². The molecule has 0 bridgehead atoms. The van der Waals surface area contributed by atoms with Crippen LogP contribution >= 0.6 is 15.9 Å². The molecule has 1 aromatic carbocycles. The Labute approximate surface area is 128 Å². The number of alkyl halides is 1. The molecule has 0 N–H and O–H groups in total. The molecule has 0 aromatic heterocycles. The Morgan fingerprint density at radius 3 is 2.40 bits per heavy atom. The first-order chi connectivity index (χ1) is 9.36. The van der Waals surface area contributed by atoms with Crippen LogP contribution in [0.25, 0.3) is 0 Å². The second-order valence-electron chi connectivity index (χ2n) is 5.88. The van der Waals surface area contributed by atoms with Gasteiger partial charge in [-0.05, 0) is 42.9 Å². The standard InChI is InChI=1S/C16H20BrNO2/c1-9(2)12(7-17)8-18-13-6-10(3)5-11(4)14(13)15(19)16(18)20/h5-6,9,12H,7-8H2,1-4H3. The van der Waals surface area contributed by atoms with Crippen LogP contribution in [0.15, 0.2) is 12.1 Å². The topological polar surface area (TPSA) is 37.4 Å². The van der Waals surface area contributed by atoms with E-state index in [2.05, 4.69) is 29.8 Å². The quantitative estimate of drug-likeness (QED) is 0.622. The van der Waals surface area contributed by atoms with Gasteiger partial charge in [-0.2, -0.15) is 0 Å². The van der Waals surface area contributed by atoms with Crippen LogP contribution in [0, 0.1) is 25.7 Å². The van der Waals surface area contributed by atoms with Crippen LogP contribution in [0.5, 0.6) is 0 Å². The highest BCUT2D eigenvalue weighted by atomic mass is 79.9. The number of hydrogen-bond donors (Lipinski definition) is 0. The van der Waals surface area contributed by atoms with Crippen molar-refractivity contribution in [2.24, 2.45) is 11.8 Å². The number of anilines is 1. The lowest BCUT2D eigenvalue weighted by atomic mass is 9.97. The third-order valence-electron chi connectivity index (χ3n) is 3.97. The summed E-state index contributed by atoms with van der Waals surface area (Å²) in [6, 6.07) is 3.90. The number of ketones is 1. The van der Waals surface area contributed by atoms with Gasteiger partial charge in [-0.3, -0.25) is 9.59 Å². The van der Waals surface area contributed by atoms with Crippen LogP contribution < -0.4 is 4.90 Å². The molecule has 1 unspecified atom stereocenters. The number of rotatable bonds is 4. The van der Waals surface area contributed by atoms with E-state index in [0.29, 0.717) is 23.9 Å². The molecule has 1 amide bonds. The molecular weight excluding hydrogens is 318 g/mol. The summed E-state index contributed by atoms with van der Waals surface area (Å²) in [5, 5.41) is 0.822. The number of fused-ring (bicyclic) bond motifs is 1. The summed E-state index contributed by atoms with van der Waals surface area (Å²) in [5.74, 6) is 0.0284. The van der Waals surface area contributed by atoms with Crippen LogP contribution in [0.4, 0.5) is 5.69 Å². The normalized spacial score (nSPS) is 16.0. The van der Waals surface area contributed by atoms with Crippen molar-refractivity contribution in [1.29, 1.82) is 0 Å². The zero-order chi connectivity index (χ0) is 15.0. The van der Waals surface area contributed by atoms with Gasteiger partial charge in [-0.25, -0.2) is 0 Å². The molecule has 3 nitrogen and oxygen atoms in total. The molecule has 2 rings (SSSR count). The SMILES string of the molecule is Cc1cc(C)c2c(c1)N(CC(CBr)C(C)C)C(=O)C2=O. The van der Waals surface area contributed by atoms with E-state index in [1.807, 2.05) is 26.0 Å². The zero-order valence-electron chi connectivity index (χ0n) is 12.4. The molecule has 4 heteroatoms. The largest absolute Gasteiger partial charge is 0.304 e. The van der Waals surface area contributed by atoms with Crippen LogP contribution in [0.2, 0.25) is 0 Å². The molecule has 20 heavy (non-hydrogen) atoms. The fourth-order valence-electron chi connectivity index (χ4n) is 2.65. The molecule has 0 radical (unpaired) electrons. The summed E-state index contributed by atoms with van der Waals surface area (Å²) >= 11 is 3.50. The van der Waals surface area contributed by atoms with Crippen molar-refractivity contribution in [1.82, 2.24) is 0 Å². The number of benzene rings is 1. The second-order valence-corrected chi connectivity index (χ2v) is 6.53. The van der Waals surface area contributed by atoms with Gasteiger partial charge >= 0.3 is 0 Å². The molecular formula is C16H20BrNO2. The molecule has 0 saturated carbocycles. The maximum atomic E-state index is 12.3. The van der Waals surface area contributed by atoms with Crippen molar-refractivity contribution in [3.05, 3.63) is 28.8 Å². The maximum Gasteiger partial charge on any atom is 0.299 e. The van der Waals surface area contributed by atoms with Crippen molar-refractivity contribution in [2.45, 2.75) is 27.7 Å². The summed E-state index contributed by atoms with van der Waals surface area (Å²) in [6.45, 7) is 8.74. The minimum atomic E-state index is -0.389. The molecule has 0 fully saturated rings. The maximum absolute atomic E-state index is 12.3. The highest BCUT2D eigenvalue weighted by Crippen LogP contribution is 2.34. The van der Waals surface area contributed by atoms with Gasteiger partial charge in [-0.15, -0.1) is 0 Å². The average Bonchev–Trinajstić information content (AvgIpc) is 2.59. The summed E-state index contributed by atoms with van der Waals surface area (Å²) in [4.78, 5) is 26.1. The van der Waals surface area contributed by atoms with E-state index < -0.39 is 0 Å². The highest BCUT2D eigenvalue weighted by Gasteiger charge is 2.38. The number of aryl methyl sites for hydroxylation is 2. The van der Waals surface area contributed by atoms with Gasteiger partial charge < -0.3 is 4.90 Å². The molecule has 0 saturated heterocycles. The predicted octanol–water partition coefficient (Wildman–Crippen LogP) is 3.50. The minimum Gasteiger partial charge on any atom is -0.304 e. The zero-order valence-corrected chi connectivity index (χ0v) is 14.0. The van der Waals surface area contributed by atoms with E-state index in [1.165, 1.54) is 0 Å². The first-order valence-corrected chi connectivity index (χ1v) is 8.02. The smallest absolute Gasteiger partial charge is 0.299 e. The Morgan fingerprint density at radius 2 is 1.85 bits per heavy atom. The number of Topliss-reactive ketones (excluding diaryl/α,β-unsaturated/α-hetero) is 1. The molecule has 1 aliphatic rings. The van der Waals surface area contributed by atoms with Crippen LogP contribution in [-0.2, 0) is 4.79 Å². The number of hydrogen-bond acceptors (Lipinski definition) is 2. The van der Waals surface area contributed by atoms with E-state index in [9.17, 15) is 9.59 Å². The third kappa shape index (κ3) is 2.53. The first-order valence-electron chi connectivity index (χ1n) is 6.90. The minimum absolute atomic E-state index is 0.332. The molecule has 1 heterocycles. The third-order valence-corrected chi connectivity index (χ3v) is 4.81. The molecule has 1 atom stereocenters. The Hall–Kier alpha value is -1.16. The summed E-state index contributed by atoms with van der Waals surface area (Å²) < 4.78 is 0. The van der Waals surface area contributed by atoms with Gasteiger partial charge in [0.05, 0.1) is 11.3 Å². The molecule has 0 aliphatic carbocycles. The number of amides is 1. The van der Waals surface area contributed by atoms with E-state index in [0.717, 1.165) is 22.1 Å². The van der Waals surface area contributed by atoms with Gasteiger partial charge in [0.15, 0.2) is 0 Å². The molecule has 1 aliphatic heterocycles. The Kier molecular flexibility index (Phi) is 4.33. The second kappa shape index (κ2) is 5.68. The number of carbonyl (C=O) groups is 2. The van der Waals surface area contributed by atoms with Crippen molar-refractivity contribution in [3.8, 4) is 0 Å². The predicted molar refractivity (Wildman–Crippen MR) is 84.7 cm³/mol. The Balaban J connectivity index is 2.43. The monoisotopic (exact) mass is 337 g/mol. The van der Waals surface area contributed by atoms with E-state index >= 15 is 0 Å². The number of nitrogens with zero attached hydrogens (tertiary/aromatic N) is 1. The van der Waals surface area contributed by atoms with E-state index in [4.69, 9.17) is 0 Å². The number of halogens is 1. The van der Waals surface area contributed by atoms with Crippen LogP contribution in [0.3, 0.4) is 0 Å².